The number of alkyl halides is 6. The second-order valence-electron chi connectivity index (χ2n) is 3.76. The van der Waals surface area contributed by atoms with E-state index in [9.17, 15) is 35.9 Å². The Balaban J connectivity index is 5.45. The molecule has 0 bridgehead atoms. The molecule has 0 saturated carbocycles. The Morgan fingerprint density at radius 3 is 1.89 bits per heavy atom. The lowest BCUT2D eigenvalue weighted by atomic mass is 9.92. The Kier molecular flexibility index (Phi) is 6.37. The van der Waals surface area contributed by atoms with Gasteiger partial charge in [0.2, 0.25) is 0 Å². The van der Waals surface area contributed by atoms with Crippen molar-refractivity contribution in [2.75, 3.05) is 5.75 Å². The first-order valence-electron chi connectivity index (χ1n) is 5.18. The number of ketones is 1. The van der Waals surface area contributed by atoms with Crippen LogP contribution in [0.3, 0.4) is 0 Å². The standard InChI is InChI=1S/C10H12F6O2S/c1-3-19-7(18)6(4-5(2)17)9(13,14)10(15,16)8(11)12/h6,8H,3-4H2,1-2H3. The van der Waals surface area contributed by atoms with Crippen LogP contribution in [0, 0.1) is 5.92 Å². The van der Waals surface area contributed by atoms with Gasteiger partial charge in [0.15, 0.2) is 5.12 Å². The van der Waals surface area contributed by atoms with Crippen LogP contribution in [0.15, 0.2) is 0 Å². The monoisotopic (exact) mass is 310 g/mol. The maximum absolute atomic E-state index is 13.4. The molecular formula is C10H12F6O2S. The zero-order chi connectivity index (χ0) is 15.4. The van der Waals surface area contributed by atoms with Crippen molar-refractivity contribution in [1.29, 1.82) is 0 Å². The minimum Gasteiger partial charge on any atom is -0.300 e. The van der Waals surface area contributed by atoms with Crippen LogP contribution in [-0.2, 0) is 9.59 Å². The Morgan fingerprint density at radius 2 is 1.58 bits per heavy atom. The summed E-state index contributed by atoms with van der Waals surface area (Å²) in [6, 6.07) is 0. The molecule has 0 amide bonds. The quantitative estimate of drug-likeness (QED) is 0.676. The Labute approximate surface area is 109 Å². The number of thioether (sulfide) groups is 1. The van der Waals surface area contributed by atoms with Gasteiger partial charge in [-0.15, -0.1) is 0 Å². The Hall–Kier alpha value is -0.730. The van der Waals surface area contributed by atoms with E-state index in [1.807, 2.05) is 0 Å². The van der Waals surface area contributed by atoms with E-state index in [0.717, 1.165) is 6.92 Å². The molecule has 112 valence electrons. The van der Waals surface area contributed by atoms with Crippen LogP contribution in [0.1, 0.15) is 20.3 Å². The number of carbonyl (C=O) groups excluding carboxylic acids is 2. The molecule has 0 radical (unpaired) electrons. The van der Waals surface area contributed by atoms with Crippen molar-refractivity contribution in [2.24, 2.45) is 5.92 Å². The fourth-order valence-electron chi connectivity index (χ4n) is 1.27. The van der Waals surface area contributed by atoms with E-state index in [2.05, 4.69) is 0 Å². The summed E-state index contributed by atoms with van der Waals surface area (Å²) in [5.74, 6) is -14.7. The van der Waals surface area contributed by atoms with Crippen molar-refractivity contribution in [3.8, 4) is 0 Å². The first-order chi connectivity index (χ1) is 8.48. The van der Waals surface area contributed by atoms with Crippen molar-refractivity contribution in [3.05, 3.63) is 0 Å². The Morgan fingerprint density at radius 1 is 1.11 bits per heavy atom. The number of hydrogen-bond acceptors (Lipinski definition) is 3. The van der Waals surface area contributed by atoms with E-state index in [1.54, 1.807) is 0 Å². The van der Waals surface area contributed by atoms with Crippen molar-refractivity contribution < 1.29 is 35.9 Å². The van der Waals surface area contributed by atoms with Gasteiger partial charge < -0.3 is 0 Å². The minimum absolute atomic E-state index is 0.00354. The van der Waals surface area contributed by atoms with Gasteiger partial charge in [-0.05, 0) is 12.7 Å². The molecule has 0 saturated heterocycles. The van der Waals surface area contributed by atoms with Crippen LogP contribution in [0.25, 0.3) is 0 Å². The van der Waals surface area contributed by atoms with Gasteiger partial charge in [-0.3, -0.25) is 9.59 Å². The van der Waals surface area contributed by atoms with Crippen LogP contribution in [0.5, 0.6) is 0 Å². The van der Waals surface area contributed by atoms with Crippen LogP contribution >= 0.6 is 11.8 Å². The van der Waals surface area contributed by atoms with E-state index < -0.39 is 41.5 Å². The van der Waals surface area contributed by atoms with E-state index in [-0.39, 0.29) is 17.5 Å². The van der Waals surface area contributed by atoms with E-state index in [4.69, 9.17) is 0 Å². The lowest BCUT2D eigenvalue weighted by Gasteiger charge is -2.31. The molecule has 0 heterocycles. The molecule has 1 unspecified atom stereocenters. The summed E-state index contributed by atoms with van der Waals surface area (Å²) >= 11 is 0.287. The molecule has 0 aliphatic heterocycles. The molecule has 0 aliphatic rings. The molecule has 0 aromatic rings. The van der Waals surface area contributed by atoms with Gasteiger partial charge in [-0.1, -0.05) is 18.7 Å². The van der Waals surface area contributed by atoms with Crippen LogP contribution in [0.2, 0.25) is 0 Å². The second-order valence-corrected chi connectivity index (χ2v) is 5.03. The van der Waals surface area contributed by atoms with Crippen LogP contribution in [-0.4, -0.2) is 34.9 Å². The summed E-state index contributed by atoms with van der Waals surface area (Å²) in [6.07, 6.45) is -5.84. The zero-order valence-corrected chi connectivity index (χ0v) is 10.9. The number of hydrogen-bond donors (Lipinski definition) is 0. The third kappa shape index (κ3) is 4.12. The maximum Gasteiger partial charge on any atom is 0.369 e. The third-order valence-corrected chi connectivity index (χ3v) is 3.08. The summed E-state index contributed by atoms with van der Waals surface area (Å²) in [5, 5.41) is -1.40. The predicted molar refractivity (Wildman–Crippen MR) is 57.8 cm³/mol. The molecule has 19 heavy (non-hydrogen) atoms. The highest BCUT2D eigenvalue weighted by atomic mass is 32.2. The van der Waals surface area contributed by atoms with Gasteiger partial charge in [0.05, 0.1) is 0 Å². The van der Waals surface area contributed by atoms with Crippen molar-refractivity contribution in [2.45, 2.75) is 38.5 Å². The molecule has 2 nitrogen and oxygen atoms in total. The van der Waals surface area contributed by atoms with Gasteiger partial charge in [-0.2, -0.15) is 17.6 Å². The largest absolute Gasteiger partial charge is 0.369 e. The normalized spacial score (nSPS) is 14.6. The SMILES string of the molecule is CCSC(=O)C(CC(C)=O)C(F)(F)C(F)(F)C(F)F. The fraction of sp³-hybridized carbons (Fsp3) is 0.800. The highest BCUT2D eigenvalue weighted by Crippen LogP contribution is 2.46. The maximum atomic E-state index is 13.4. The number of halogens is 6. The molecule has 0 rings (SSSR count). The van der Waals surface area contributed by atoms with Crippen molar-refractivity contribution >= 4 is 22.7 Å². The van der Waals surface area contributed by atoms with E-state index in [0.29, 0.717) is 0 Å². The van der Waals surface area contributed by atoms with Crippen molar-refractivity contribution in [1.82, 2.24) is 0 Å². The van der Waals surface area contributed by atoms with Crippen molar-refractivity contribution in [3.63, 3.8) is 0 Å². The molecule has 0 aliphatic carbocycles. The average molecular weight is 310 g/mol. The first kappa shape index (κ1) is 18.3. The summed E-state index contributed by atoms with van der Waals surface area (Å²) in [7, 11) is 0. The second kappa shape index (κ2) is 6.62. The molecule has 9 heteroatoms. The van der Waals surface area contributed by atoms with Gasteiger partial charge in [0.1, 0.15) is 11.7 Å². The summed E-state index contributed by atoms with van der Waals surface area (Å²) < 4.78 is 76.6. The predicted octanol–water partition coefficient (Wildman–Crippen LogP) is 3.40. The number of carbonyl (C=O) groups is 2. The average Bonchev–Trinajstić information content (AvgIpc) is 2.25. The summed E-state index contributed by atoms with van der Waals surface area (Å²) in [6.45, 7) is 2.21. The van der Waals surface area contributed by atoms with Gasteiger partial charge in [0, 0.05) is 6.42 Å². The van der Waals surface area contributed by atoms with Gasteiger partial charge >= 0.3 is 18.3 Å². The molecule has 0 spiro atoms. The zero-order valence-electron chi connectivity index (χ0n) is 10.1. The Bertz CT molecular complexity index is 345. The van der Waals surface area contributed by atoms with E-state index >= 15 is 0 Å². The van der Waals surface area contributed by atoms with E-state index in [1.165, 1.54) is 6.92 Å². The van der Waals surface area contributed by atoms with Crippen LogP contribution < -0.4 is 0 Å². The number of rotatable bonds is 7. The molecule has 0 fully saturated rings. The lowest BCUT2D eigenvalue weighted by molar-refractivity contribution is -0.279. The number of Topliss-reactive ketones (excluding diaryl/α,β-unsaturated/α-hetero) is 1. The smallest absolute Gasteiger partial charge is 0.300 e. The minimum atomic E-state index is -5.67. The molecule has 0 aromatic heterocycles. The summed E-state index contributed by atoms with van der Waals surface area (Å²) in [4.78, 5) is 22.1. The highest BCUT2D eigenvalue weighted by molar-refractivity contribution is 8.13. The molecular weight excluding hydrogens is 298 g/mol. The van der Waals surface area contributed by atoms with Gasteiger partial charge in [0.25, 0.3) is 0 Å². The fourth-order valence-corrected chi connectivity index (χ4v) is 1.98. The molecule has 0 aromatic carbocycles. The van der Waals surface area contributed by atoms with Gasteiger partial charge in [-0.25, -0.2) is 8.78 Å². The first-order valence-corrected chi connectivity index (χ1v) is 6.16. The topological polar surface area (TPSA) is 34.1 Å². The molecule has 1 atom stereocenters. The highest BCUT2D eigenvalue weighted by Gasteiger charge is 2.67. The summed E-state index contributed by atoms with van der Waals surface area (Å²) in [5.41, 5.74) is 0. The van der Waals surface area contributed by atoms with Crippen LogP contribution in [0.4, 0.5) is 26.3 Å². The molecule has 0 N–H and O–H groups in total. The third-order valence-electron chi connectivity index (χ3n) is 2.22. The lowest BCUT2D eigenvalue weighted by Crippen LogP contribution is -2.53.